The van der Waals surface area contributed by atoms with Crippen LogP contribution in [0.5, 0.6) is 11.5 Å². The van der Waals surface area contributed by atoms with E-state index < -0.39 is 5.82 Å². The van der Waals surface area contributed by atoms with Gasteiger partial charge in [-0.25, -0.2) is 4.39 Å². The van der Waals surface area contributed by atoms with E-state index in [9.17, 15) is 9.18 Å². The molecule has 0 aliphatic carbocycles. The van der Waals surface area contributed by atoms with Crippen LogP contribution in [0.1, 0.15) is 15.9 Å². The molecule has 0 heterocycles. The number of rotatable bonds is 6. The largest absolute Gasteiger partial charge is 0.494 e. The number of methoxy groups -OCH3 is 1. The van der Waals surface area contributed by atoms with E-state index in [1.165, 1.54) is 19.2 Å². The average molecular weight is 303 g/mol. The molecule has 116 valence electrons. The summed E-state index contributed by atoms with van der Waals surface area (Å²) in [6.45, 7) is 2.67. The van der Waals surface area contributed by atoms with Crippen LogP contribution in [0.4, 0.5) is 4.39 Å². The minimum atomic E-state index is -0.564. The highest BCUT2D eigenvalue weighted by Crippen LogP contribution is 2.17. The average Bonchev–Trinajstić information content (AvgIpc) is 2.53. The van der Waals surface area contributed by atoms with E-state index in [2.05, 4.69) is 5.32 Å². The van der Waals surface area contributed by atoms with Crippen LogP contribution in [0.2, 0.25) is 0 Å². The van der Waals surface area contributed by atoms with E-state index in [0.717, 1.165) is 17.4 Å². The zero-order chi connectivity index (χ0) is 15.9. The first-order valence-electron chi connectivity index (χ1n) is 6.91. The van der Waals surface area contributed by atoms with Crippen LogP contribution in [0.15, 0.2) is 42.5 Å². The van der Waals surface area contributed by atoms with Gasteiger partial charge in [-0.15, -0.1) is 0 Å². The SMILES string of the molecule is COc1ccc(C(=O)NCCOc2ccc(C)cc2)cc1F. The Kier molecular flexibility index (Phi) is 5.36. The molecule has 0 aromatic heterocycles. The molecule has 0 fully saturated rings. The highest BCUT2D eigenvalue weighted by molar-refractivity contribution is 5.94. The number of hydrogen-bond acceptors (Lipinski definition) is 3. The highest BCUT2D eigenvalue weighted by Gasteiger charge is 2.09. The second-order valence-electron chi connectivity index (χ2n) is 4.77. The standard InChI is InChI=1S/C17H18FNO3/c1-12-3-6-14(7-4-12)22-10-9-19-17(20)13-5-8-16(21-2)15(18)11-13/h3-8,11H,9-10H2,1-2H3,(H,19,20). The van der Waals surface area contributed by atoms with Gasteiger partial charge in [0.2, 0.25) is 0 Å². The molecule has 4 nitrogen and oxygen atoms in total. The van der Waals surface area contributed by atoms with Gasteiger partial charge in [-0.2, -0.15) is 0 Å². The summed E-state index contributed by atoms with van der Waals surface area (Å²) >= 11 is 0. The second kappa shape index (κ2) is 7.45. The third kappa shape index (κ3) is 4.22. The Balaban J connectivity index is 1.80. The number of carbonyl (C=O) groups excluding carboxylic acids is 1. The Bertz CT molecular complexity index is 641. The molecule has 2 aromatic carbocycles. The highest BCUT2D eigenvalue weighted by atomic mass is 19.1. The van der Waals surface area contributed by atoms with Gasteiger partial charge in [0.15, 0.2) is 11.6 Å². The molecule has 0 unspecified atom stereocenters. The topological polar surface area (TPSA) is 47.6 Å². The van der Waals surface area contributed by atoms with Gasteiger partial charge in [0.05, 0.1) is 13.7 Å². The first-order chi connectivity index (χ1) is 10.6. The summed E-state index contributed by atoms with van der Waals surface area (Å²) in [5.41, 5.74) is 1.40. The molecule has 0 aliphatic heterocycles. The lowest BCUT2D eigenvalue weighted by molar-refractivity contribution is 0.0946. The lowest BCUT2D eigenvalue weighted by Crippen LogP contribution is -2.28. The molecule has 5 heteroatoms. The smallest absolute Gasteiger partial charge is 0.251 e. The van der Waals surface area contributed by atoms with Crippen LogP contribution < -0.4 is 14.8 Å². The summed E-state index contributed by atoms with van der Waals surface area (Å²) in [6, 6.07) is 11.7. The van der Waals surface area contributed by atoms with Crippen molar-refractivity contribution in [3.05, 3.63) is 59.4 Å². The van der Waals surface area contributed by atoms with Gasteiger partial charge in [0, 0.05) is 5.56 Å². The third-order valence-electron chi connectivity index (χ3n) is 3.09. The van der Waals surface area contributed by atoms with E-state index >= 15 is 0 Å². The van der Waals surface area contributed by atoms with Crippen molar-refractivity contribution in [1.82, 2.24) is 5.32 Å². The Labute approximate surface area is 128 Å². The molecule has 0 aliphatic rings. The maximum absolute atomic E-state index is 13.5. The molecule has 2 aromatic rings. The molecule has 22 heavy (non-hydrogen) atoms. The fourth-order valence-electron chi connectivity index (χ4n) is 1.88. The van der Waals surface area contributed by atoms with Crippen LogP contribution in [0.25, 0.3) is 0 Å². The normalized spacial score (nSPS) is 10.1. The molecular weight excluding hydrogens is 285 g/mol. The Morgan fingerprint density at radius 3 is 2.55 bits per heavy atom. The maximum atomic E-state index is 13.5. The summed E-state index contributed by atoms with van der Waals surface area (Å²) in [7, 11) is 1.38. The van der Waals surface area contributed by atoms with Crippen molar-refractivity contribution in [2.24, 2.45) is 0 Å². The van der Waals surface area contributed by atoms with Gasteiger partial charge >= 0.3 is 0 Å². The number of amides is 1. The zero-order valence-electron chi connectivity index (χ0n) is 12.6. The van der Waals surface area contributed by atoms with Gasteiger partial charge in [-0.3, -0.25) is 4.79 Å². The number of nitrogens with one attached hydrogen (secondary N) is 1. The molecule has 0 spiro atoms. The van der Waals surface area contributed by atoms with E-state index in [1.807, 2.05) is 31.2 Å². The van der Waals surface area contributed by atoms with Gasteiger partial charge in [-0.05, 0) is 37.3 Å². The maximum Gasteiger partial charge on any atom is 0.251 e. The fraction of sp³-hybridized carbons (Fsp3) is 0.235. The summed E-state index contributed by atoms with van der Waals surface area (Å²) in [6.07, 6.45) is 0. The monoisotopic (exact) mass is 303 g/mol. The van der Waals surface area contributed by atoms with E-state index in [-0.39, 0.29) is 17.2 Å². The number of ether oxygens (including phenoxy) is 2. The van der Waals surface area contributed by atoms with Crippen LogP contribution in [0.3, 0.4) is 0 Å². The quantitative estimate of drug-likeness (QED) is 0.835. The summed E-state index contributed by atoms with van der Waals surface area (Å²) < 4.78 is 23.8. The first kappa shape index (κ1) is 15.8. The van der Waals surface area contributed by atoms with Crippen molar-refractivity contribution in [2.75, 3.05) is 20.3 Å². The summed E-state index contributed by atoms with van der Waals surface area (Å²) in [4.78, 5) is 11.9. The lowest BCUT2D eigenvalue weighted by Gasteiger charge is -2.09. The number of benzene rings is 2. The third-order valence-corrected chi connectivity index (χ3v) is 3.09. The number of halogens is 1. The predicted octanol–water partition coefficient (Wildman–Crippen LogP) is 2.95. The van der Waals surface area contributed by atoms with Crippen molar-refractivity contribution in [2.45, 2.75) is 6.92 Å². The molecule has 0 radical (unpaired) electrons. The predicted molar refractivity (Wildman–Crippen MR) is 82.0 cm³/mol. The Morgan fingerprint density at radius 1 is 1.18 bits per heavy atom. The molecule has 0 bridgehead atoms. The van der Waals surface area contributed by atoms with Crippen molar-refractivity contribution < 1.29 is 18.7 Å². The number of aryl methyl sites for hydroxylation is 1. The van der Waals surface area contributed by atoms with Gasteiger partial charge in [-0.1, -0.05) is 17.7 Å². The van der Waals surface area contributed by atoms with Crippen molar-refractivity contribution >= 4 is 5.91 Å². The molecule has 0 atom stereocenters. The van der Waals surface area contributed by atoms with Crippen molar-refractivity contribution in [3.63, 3.8) is 0 Å². The minimum Gasteiger partial charge on any atom is -0.494 e. The van der Waals surface area contributed by atoms with Gasteiger partial charge in [0.1, 0.15) is 12.4 Å². The van der Waals surface area contributed by atoms with Crippen molar-refractivity contribution in [3.8, 4) is 11.5 Å². The lowest BCUT2D eigenvalue weighted by atomic mass is 10.2. The van der Waals surface area contributed by atoms with E-state index in [4.69, 9.17) is 9.47 Å². The summed E-state index contributed by atoms with van der Waals surface area (Å²) in [5.74, 6) is -0.0605. The van der Waals surface area contributed by atoms with Gasteiger partial charge in [0.25, 0.3) is 5.91 Å². The zero-order valence-corrected chi connectivity index (χ0v) is 12.6. The van der Waals surface area contributed by atoms with Gasteiger partial charge < -0.3 is 14.8 Å². The van der Waals surface area contributed by atoms with Crippen LogP contribution in [-0.4, -0.2) is 26.2 Å². The first-order valence-corrected chi connectivity index (χ1v) is 6.91. The molecule has 1 amide bonds. The van der Waals surface area contributed by atoms with E-state index in [0.29, 0.717) is 13.2 Å². The van der Waals surface area contributed by atoms with Crippen LogP contribution >= 0.6 is 0 Å². The number of carbonyl (C=O) groups is 1. The van der Waals surface area contributed by atoms with E-state index in [1.54, 1.807) is 0 Å². The number of hydrogen-bond donors (Lipinski definition) is 1. The van der Waals surface area contributed by atoms with Crippen LogP contribution in [0, 0.1) is 12.7 Å². The van der Waals surface area contributed by atoms with Crippen LogP contribution in [-0.2, 0) is 0 Å². The Morgan fingerprint density at radius 2 is 1.91 bits per heavy atom. The molecule has 0 saturated heterocycles. The Hall–Kier alpha value is -2.56. The molecule has 1 N–H and O–H groups in total. The minimum absolute atomic E-state index is 0.110. The summed E-state index contributed by atoms with van der Waals surface area (Å²) in [5, 5.41) is 2.67. The second-order valence-corrected chi connectivity index (χ2v) is 4.77. The molecule has 0 saturated carbocycles. The molecular formula is C17H18FNO3. The fourth-order valence-corrected chi connectivity index (χ4v) is 1.88. The van der Waals surface area contributed by atoms with Crippen molar-refractivity contribution in [1.29, 1.82) is 0 Å². The molecule has 2 rings (SSSR count).